The van der Waals surface area contributed by atoms with E-state index < -0.39 is 57.8 Å². The molecule has 12 nitrogen and oxygen atoms in total. The van der Waals surface area contributed by atoms with Gasteiger partial charge in [-0.3, -0.25) is 18.9 Å². The van der Waals surface area contributed by atoms with E-state index >= 15 is 0 Å². The lowest BCUT2D eigenvalue weighted by Gasteiger charge is -2.34. The summed E-state index contributed by atoms with van der Waals surface area (Å²) in [6, 6.07) is 0.996. The van der Waals surface area contributed by atoms with Gasteiger partial charge in [0.05, 0.1) is 12.4 Å². The number of aliphatic hydroxyl groups is 3. The third-order valence-electron chi connectivity index (χ3n) is 3.85. The van der Waals surface area contributed by atoms with Gasteiger partial charge in [-0.25, -0.2) is 4.79 Å². The molecule has 1 saturated heterocycles. The van der Waals surface area contributed by atoms with E-state index in [9.17, 15) is 33.3 Å². The van der Waals surface area contributed by atoms with Crippen molar-refractivity contribution in [2.75, 3.05) is 25.4 Å². The Morgan fingerprint density at radius 1 is 1.36 bits per heavy atom. The molecule has 142 valence electrons. The molecule has 2 heterocycles. The van der Waals surface area contributed by atoms with E-state index in [2.05, 4.69) is 5.32 Å². The molecule has 6 N–H and O–H groups in total. The summed E-state index contributed by atoms with van der Waals surface area (Å²) >= 11 is 0. The Hall–Kier alpha value is -1.61. The first-order chi connectivity index (χ1) is 11.6. The Kier molecular flexibility index (Phi) is 5.78. The molecule has 4 atom stereocenters. The summed E-state index contributed by atoms with van der Waals surface area (Å²) in [6.07, 6.45) is -3.38. The fourth-order valence-electron chi connectivity index (χ4n) is 2.63. The van der Waals surface area contributed by atoms with Crippen molar-refractivity contribution in [2.24, 2.45) is 0 Å². The zero-order valence-electron chi connectivity index (χ0n) is 12.9. The van der Waals surface area contributed by atoms with Gasteiger partial charge in [0.1, 0.15) is 18.3 Å². The molecule has 1 aliphatic rings. The van der Waals surface area contributed by atoms with Crippen LogP contribution in [0.3, 0.4) is 0 Å². The van der Waals surface area contributed by atoms with E-state index in [0.717, 1.165) is 16.8 Å². The molecule has 1 aliphatic heterocycles. The van der Waals surface area contributed by atoms with E-state index in [0.29, 0.717) is 0 Å². The fourth-order valence-corrected chi connectivity index (χ4v) is 3.03. The molecule has 0 bridgehead atoms. The highest BCUT2D eigenvalue weighted by Crippen LogP contribution is 2.34. The van der Waals surface area contributed by atoms with Crippen LogP contribution in [0.5, 0.6) is 0 Å². The highest BCUT2D eigenvalue weighted by atomic mass is 32.2. The van der Waals surface area contributed by atoms with Gasteiger partial charge in [0.15, 0.2) is 5.72 Å². The number of hydrogen-bond acceptors (Lipinski definition) is 9. The molecule has 0 saturated carbocycles. The zero-order valence-corrected chi connectivity index (χ0v) is 13.7. The third kappa shape index (κ3) is 4.14. The molecule has 0 aliphatic carbocycles. The topological polar surface area (TPSA) is 191 Å². The zero-order chi connectivity index (χ0) is 18.8. The quantitative estimate of drug-likeness (QED) is 0.199. The van der Waals surface area contributed by atoms with Crippen LogP contribution in [-0.2, 0) is 20.6 Å². The first kappa shape index (κ1) is 19.7. The molecule has 0 radical (unpaired) electrons. The molecule has 13 heteroatoms. The molecule has 0 amide bonds. The third-order valence-corrected chi connectivity index (χ3v) is 4.57. The van der Waals surface area contributed by atoms with Crippen molar-refractivity contribution in [2.45, 2.75) is 24.0 Å². The molecule has 25 heavy (non-hydrogen) atoms. The molecule has 2 rings (SSSR count). The minimum atomic E-state index is -4.23. The number of rotatable bonds is 7. The van der Waals surface area contributed by atoms with Crippen LogP contribution in [-0.4, -0.2) is 81.6 Å². The number of hydrogen-bond donors (Lipinski definition) is 6. The van der Waals surface area contributed by atoms with Crippen LogP contribution in [0.15, 0.2) is 21.9 Å². The van der Waals surface area contributed by atoms with Crippen molar-refractivity contribution in [3.8, 4) is 0 Å². The molecule has 1 aromatic rings. The highest BCUT2D eigenvalue weighted by Gasteiger charge is 2.55. The summed E-state index contributed by atoms with van der Waals surface area (Å²) in [5, 5.41) is 32.2. The molecule has 1 fully saturated rings. The lowest BCUT2D eigenvalue weighted by molar-refractivity contribution is -0.147. The van der Waals surface area contributed by atoms with Crippen molar-refractivity contribution >= 4 is 10.1 Å². The number of nitrogens with one attached hydrogen (secondary N) is 2. The van der Waals surface area contributed by atoms with Crippen molar-refractivity contribution in [1.29, 1.82) is 0 Å². The summed E-state index contributed by atoms with van der Waals surface area (Å²) in [7, 11) is -4.23. The Morgan fingerprint density at radius 2 is 2.04 bits per heavy atom. The van der Waals surface area contributed by atoms with Gasteiger partial charge in [0, 0.05) is 25.4 Å². The summed E-state index contributed by atoms with van der Waals surface area (Å²) in [4.78, 5) is 25.3. The van der Waals surface area contributed by atoms with Gasteiger partial charge < -0.3 is 25.4 Å². The van der Waals surface area contributed by atoms with Crippen LogP contribution in [0, 0.1) is 0 Å². The second-order valence-electron chi connectivity index (χ2n) is 5.56. The van der Waals surface area contributed by atoms with Gasteiger partial charge in [-0.15, -0.1) is 0 Å². The minimum Gasteiger partial charge on any atom is -0.394 e. The van der Waals surface area contributed by atoms with E-state index in [1.807, 2.05) is 4.98 Å². The van der Waals surface area contributed by atoms with Crippen molar-refractivity contribution in [3.63, 3.8) is 0 Å². The summed E-state index contributed by atoms with van der Waals surface area (Å²) < 4.78 is 36.5. The molecule has 0 spiro atoms. The smallest absolute Gasteiger partial charge is 0.330 e. The summed E-state index contributed by atoms with van der Waals surface area (Å²) in [5.74, 6) is -0.633. The predicted octanol–water partition coefficient (Wildman–Crippen LogP) is -4.22. The van der Waals surface area contributed by atoms with E-state index in [4.69, 9.17) is 9.29 Å². The maximum atomic E-state index is 12.1. The second kappa shape index (κ2) is 7.33. The molecule has 0 aromatic carbocycles. The Morgan fingerprint density at radius 3 is 2.56 bits per heavy atom. The maximum Gasteiger partial charge on any atom is 0.330 e. The molecule has 1 aromatic heterocycles. The summed E-state index contributed by atoms with van der Waals surface area (Å²) in [5.41, 5.74) is -3.54. The lowest BCUT2D eigenvalue weighted by Crippen LogP contribution is -2.57. The van der Waals surface area contributed by atoms with Gasteiger partial charge in [0.25, 0.3) is 15.7 Å². The van der Waals surface area contributed by atoms with Crippen molar-refractivity contribution < 1.29 is 33.0 Å². The van der Waals surface area contributed by atoms with Crippen LogP contribution >= 0.6 is 0 Å². The molecular formula is C12H19N3O9S. The van der Waals surface area contributed by atoms with Gasteiger partial charge in [-0.1, -0.05) is 0 Å². The predicted molar refractivity (Wildman–Crippen MR) is 82.6 cm³/mol. The standard InChI is InChI=1S/C12H19N3O9S/c16-5-7-9(18)10(19)12(24-7,6-13-2-4-25(21,22)23)15-3-1-8(17)14-11(15)20/h1,3,7,9-10,13,16,18-19H,2,4-6H2,(H,14,17,20)(H,21,22,23)/t7-,9-,10-,12-/m1/s1. The second-order valence-corrected chi connectivity index (χ2v) is 7.13. The van der Waals surface area contributed by atoms with Gasteiger partial charge in [0.2, 0.25) is 0 Å². The van der Waals surface area contributed by atoms with Crippen LogP contribution in [0.4, 0.5) is 0 Å². The molecular weight excluding hydrogens is 362 g/mol. The first-order valence-corrected chi connectivity index (χ1v) is 8.85. The van der Waals surface area contributed by atoms with E-state index in [1.54, 1.807) is 0 Å². The highest BCUT2D eigenvalue weighted by molar-refractivity contribution is 7.85. The van der Waals surface area contributed by atoms with Crippen molar-refractivity contribution in [1.82, 2.24) is 14.9 Å². The number of ether oxygens (including phenoxy) is 1. The molecule has 0 unspecified atom stereocenters. The number of aromatic nitrogens is 2. The van der Waals surface area contributed by atoms with Gasteiger partial charge in [-0.05, 0) is 0 Å². The van der Waals surface area contributed by atoms with E-state index in [-0.39, 0.29) is 13.1 Å². The number of aromatic amines is 1. The maximum absolute atomic E-state index is 12.1. The SMILES string of the molecule is O=c1ccn([C@]2(CNCCS(=O)(=O)O)O[C@H](CO)[C@@H](O)[C@H]2O)c(=O)[nH]1. The van der Waals surface area contributed by atoms with Crippen LogP contribution in [0.2, 0.25) is 0 Å². The van der Waals surface area contributed by atoms with Crippen LogP contribution in [0.25, 0.3) is 0 Å². The average Bonchev–Trinajstić information content (AvgIpc) is 2.76. The Balaban J connectivity index is 2.35. The first-order valence-electron chi connectivity index (χ1n) is 7.24. The Labute approximate surface area is 141 Å². The number of nitrogens with zero attached hydrogens (tertiary/aromatic N) is 1. The van der Waals surface area contributed by atoms with E-state index in [1.165, 1.54) is 0 Å². The van der Waals surface area contributed by atoms with Gasteiger partial charge in [-0.2, -0.15) is 8.42 Å². The normalized spacial score (nSPS) is 29.8. The number of aliphatic hydroxyl groups excluding tert-OH is 3. The largest absolute Gasteiger partial charge is 0.394 e. The Bertz CT molecular complexity index is 820. The minimum absolute atomic E-state index is 0.241. The monoisotopic (exact) mass is 381 g/mol. The van der Waals surface area contributed by atoms with Crippen LogP contribution < -0.4 is 16.6 Å². The lowest BCUT2D eigenvalue weighted by atomic mass is 10.0. The fraction of sp³-hybridized carbons (Fsp3) is 0.667. The summed E-state index contributed by atoms with van der Waals surface area (Å²) in [6.45, 7) is -1.25. The van der Waals surface area contributed by atoms with Crippen LogP contribution in [0.1, 0.15) is 0 Å². The number of H-pyrrole nitrogens is 1. The van der Waals surface area contributed by atoms with Gasteiger partial charge >= 0.3 is 5.69 Å². The van der Waals surface area contributed by atoms with Crippen molar-refractivity contribution in [3.05, 3.63) is 33.1 Å². The average molecular weight is 381 g/mol.